The highest BCUT2D eigenvalue weighted by Gasteiger charge is 2.27. The molecule has 0 atom stereocenters. The minimum atomic E-state index is -0.627. The Morgan fingerprint density at radius 1 is 1.18 bits per heavy atom. The number of ether oxygens (including phenoxy) is 3. The summed E-state index contributed by atoms with van der Waals surface area (Å²) in [5.74, 6) is -1.14. The first-order valence-corrected chi connectivity index (χ1v) is 11.6. The standard InChI is InChI=1S/C23H24ClN3O6S/c1-5-10-32-22(29)18-14(3)19(23(30)31-4)34-21(18)25-20(28)16-8-9-27(26-16)12-33-17-7-6-15(24)11-13(17)2/h6-9,11H,5,10,12H2,1-4H3,(H,25,28). The molecule has 11 heteroatoms. The zero-order valence-electron chi connectivity index (χ0n) is 19.1. The summed E-state index contributed by atoms with van der Waals surface area (Å²) in [5, 5.41) is 7.69. The fourth-order valence-electron chi connectivity index (χ4n) is 3.03. The number of hydrogen-bond acceptors (Lipinski definition) is 8. The number of aromatic nitrogens is 2. The Morgan fingerprint density at radius 2 is 1.94 bits per heavy atom. The summed E-state index contributed by atoms with van der Waals surface area (Å²) in [6.45, 7) is 5.63. The van der Waals surface area contributed by atoms with Gasteiger partial charge in [-0.1, -0.05) is 18.5 Å². The number of thiophene rings is 1. The van der Waals surface area contributed by atoms with Crippen molar-refractivity contribution in [1.29, 1.82) is 0 Å². The van der Waals surface area contributed by atoms with Gasteiger partial charge in [0.05, 0.1) is 19.3 Å². The highest BCUT2D eigenvalue weighted by atomic mass is 35.5. The summed E-state index contributed by atoms with van der Waals surface area (Å²) < 4.78 is 17.2. The normalized spacial score (nSPS) is 10.6. The number of rotatable bonds is 9. The number of esters is 2. The minimum Gasteiger partial charge on any atom is -0.471 e. The molecule has 0 fully saturated rings. The van der Waals surface area contributed by atoms with Crippen molar-refractivity contribution in [3.05, 3.63) is 62.7 Å². The van der Waals surface area contributed by atoms with Gasteiger partial charge in [0.1, 0.15) is 15.6 Å². The number of nitrogens with zero attached hydrogens (tertiary/aromatic N) is 2. The van der Waals surface area contributed by atoms with E-state index in [-0.39, 0.29) is 34.5 Å². The van der Waals surface area contributed by atoms with E-state index >= 15 is 0 Å². The predicted octanol–water partition coefficient (Wildman–Crippen LogP) is 4.86. The predicted molar refractivity (Wildman–Crippen MR) is 128 cm³/mol. The van der Waals surface area contributed by atoms with Gasteiger partial charge in [0.15, 0.2) is 12.4 Å². The Morgan fingerprint density at radius 3 is 2.62 bits per heavy atom. The SMILES string of the molecule is CCCOC(=O)c1c(NC(=O)c2ccn(COc3ccc(Cl)cc3C)n2)sc(C(=O)OC)c1C. The Balaban J connectivity index is 1.76. The fourth-order valence-corrected chi connectivity index (χ4v) is 4.37. The molecule has 0 bridgehead atoms. The average molecular weight is 506 g/mol. The van der Waals surface area contributed by atoms with Crippen LogP contribution in [0.4, 0.5) is 5.00 Å². The number of hydrogen-bond donors (Lipinski definition) is 1. The second-order valence-corrected chi connectivity index (χ2v) is 8.72. The van der Waals surface area contributed by atoms with Gasteiger partial charge in [-0.05, 0) is 55.7 Å². The maximum Gasteiger partial charge on any atom is 0.348 e. The molecule has 1 amide bonds. The van der Waals surface area contributed by atoms with E-state index in [1.54, 1.807) is 31.3 Å². The largest absolute Gasteiger partial charge is 0.471 e. The smallest absolute Gasteiger partial charge is 0.348 e. The van der Waals surface area contributed by atoms with Gasteiger partial charge in [0.25, 0.3) is 5.91 Å². The van der Waals surface area contributed by atoms with E-state index in [4.69, 9.17) is 25.8 Å². The van der Waals surface area contributed by atoms with Crippen molar-refractivity contribution in [3.8, 4) is 5.75 Å². The topological polar surface area (TPSA) is 109 Å². The van der Waals surface area contributed by atoms with Gasteiger partial charge in [-0.2, -0.15) is 5.10 Å². The molecule has 0 saturated carbocycles. The molecule has 1 N–H and O–H groups in total. The molecule has 34 heavy (non-hydrogen) atoms. The van der Waals surface area contributed by atoms with E-state index in [1.807, 2.05) is 13.8 Å². The van der Waals surface area contributed by atoms with Crippen LogP contribution in [0.25, 0.3) is 0 Å². The summed E-state index contributed by atoms with van der Waals surface area (Å²) >= 11 is 6.90. The van der Waals surface area contributed by atoms with Crippen LogP contribution in [0.3, 0.4) is 0 Å². The van der Waals surface area contributed by atoms with Crippen LogP contribution < -0.4 is 10.1 Å². The van der Waals surface area contributed by atoms with Crippen LogP contribution in [0.2, 0.25) is 5.02 Å². The van der Waals surface area contributed by atoms with Gasteiger partial charge in [0, 0.05) is 11.2 Å². The summed E-state index contributed by atoms with van der Waals surface area (Å²) in [6, 6.07) is 6.78. The van der Waals surface area contributed by atoms with Gasteiger partial charge >= 0.3 is 11.9 Å². The maximum absolute atomic E-state index is 12.8. The molecule has 2 aromatic heterocycles. The number of benzene rings is 1. The Labute approximate surface area is 205 Å². The first kappa shape index (κ1) is 25.3. The number of anilines is 1. The van der Waals surface area contributed by atoms with Crippen LogP contribution in [0.15, 0.2) is 30.5 Å². The van der Waals surface area contributed by atoms with Crippen molar-refractivity contribution in [2.24, 2.45) is 0 Å². The van der Waals surface area contributed by atoms with Crippen molar-refractivity contribution < 1.29 is 28.6 Å². The summed E-state index contributed by atoms with van der Waals surface area (Å²) in [7, 11) is 1.25. The van der Waals surface area contributed by atoms with Crippen LogP contribution in [-0.2, 0) is 16.2 Å². The lowest BCUT2D eigenvalue weighted by molar-refractivity contribution is 0.0506. The first-order valence-electron chi connectivity index (χ1n) is 10.4. The first-order chi connectivity index (χ1) is 16.2. The minimum absolute atomic E-state index is 0.0783. The van der Waals surface area contributed by atoms with E-state index in [0.29, 0.717) is 22.8 Å². The van der Waals surface area contributed by atoms with E-state index in [9.17, 15) is 14.4 Å². The molecule has 0 aliphatic rings. The second kappa shape index (κ2) is 11.2. The fraction of sp³-hybridized carbons (Fsp3) is 0.304. The molecule has 0 spiro atoms. The third-order valence-electron chi connectivity index (χ3n) is 4.75. The van der Waals surface area contributed by atoms with E-state index in [0.717, 1.165) is 16.9 Å². The molecule has 1 aromatic carbocycles. The number of nitrogens with one attached hydrogen (secondary N) is 1. The molecule has 2 heterocycles. The van der Waals surface area contributed by atoms with Crippen molar-refractivity contribution >= 4 is 45.8 Å². The molecule has 0 aliphatic carbocycles. The number of carbonyl (C=O) groups is 3. The molecule has 0 saturated heterocycles. The van der Waals surface area contributed by atoms with Crippen LogP contribution in [-0.4, -0.2) is 41.3 Å². The Kier molecular flexibility index (Phi) is 8.30. The number of methoxy groups -OCH3 is 1. The van der Waals surface area contributed by atoms with Crippen molar-refractivity contribution in [1.82, 2.24) is 9.78 Å². The van der Waals surface area contributed by atoms with E-state index in [1.165, 1.54) is 17.9 Å². The lowest BCUT2D eigenvalue weighted by Gasteiger charge is -2.09. The molecule has 3 aromatic rings. The molecule has 0 aliphatic heterocycles. The van der Waals surface area contributed by atoms with Crippen LogP contribution in [0.1, 0.15) is 55.0 Å². The molecule has 0 radical (unpaired) electrons. The maximum atomic E-state index is 12.8. The summed E-state index contributed by atoms with van der Waals surface area (Å²) in [6.07, 6.45) is 2.23. The number of amides is 1. The molecular formula is C23H24ClN3O6S. The van der Waals surface area contributed by atoms with Gasteiger partial charge in [0.2, 0.25) is 0 Å². The summed E-state index contributed by atoms with van der Waals surface area (Å²) in [4.78, 5) is 37.8. The van der Waals surface area contributed by atoms with Crippen molar-refractivity contribution in [2.75, 3.05) is 19.0 Å². The zero-order valence-corrected chi connectivity index (χ0v) is 20.7. The molecule has 0 unspecified atom stereocenters. The highest BCUT2D eigenvalue weighted by molar-refractivity contribution is 7.18. The molecule has 9 nitrogen and oxygen atoms in total. The molecular weight excluding hydrogens is 482 g/mol. The van der Waals surface area contributed by atoms with Gasteiger partial charge in [-0.15, -0.1) is 11.3 Å². The highest BCUT2D eigenvalue weighted by Crippen LogP contribution is 2.34. The average Bonchev–Trinajstić information content (AvgIpc) is 3.41. The lowest BCUT2D eigenvalue weighted by Crippen LogP contribution is -2.16. The van der Waals surface area contributed by atoms with Gasteiger partial charge < -0.3 is 19.5 Å². The molecule has 3 rings (SSSR count). The summed E-state index contributed by atoms with van der Waals surface area (Å²) in [5.41, 5.74) is 1.48. The van der Waals surface area contributed by atoms with Crippen LogP contribution in [0.5, 0.6) is 5.75 Å². The third-order valence-corrected chi connectivity index (χ3v) is 6.17. The number of aryl methyl sites for hydroxylation is 1. The van der Waals surface area contributed by atoms with Crippen molar-refractivity contribution in [3.63, 3.8) is 0 Å². The van der Waals surface area contributed by atoms with Crippen LogP contribution >= 0.6 is 22.9 Å². The Hall–Kier alpha value is -3.37. The second-order valence-electron chi connectivity index (χ2n) is 7.27. The molecule has 180 valence electrons. The van der Waals surface area contributed by atoms with Gasteiger partial charge in [-0.3, -0.25) is 4.79 Å². The number of carbonyl (C=O) groups excluding carboxylic acids is 3. The van der Waals surface area contributed by atoms with E-state index in [2.05, 4.69) is 10.4 Å². The lowest BCUT2D eigenvalue weighted by atomic mass is 10.1. The quantitative estimate of drug-likeness (QED) is 0.414. The third kappa shape index (κ3) is 5.75. The zero-order chi connectivity index (χ0) is 24.8. The van der Waals surface area contributed by atoms with Gasteiger partial charge in [-0.25, -0.2) is 14.3 Å². The van der Waals surface area contributed by atoms with E-state index < -0.39 is 17.8 Å². The monoisotopic (exact) mass is 505 g/mol. The van der Waals surface area contributed by atoms with Crippen LogP contribution in [0, 0.1) is 13.8 Å². The van der Waals surface area contributed by atoms with Crippen molar-refractivity contribution in [2.45, 2.75) is 33.9 Å². The Bertz CT molecular complexity index is 1220. The number of halogens is 1.